The van der Waals surface area contributed by atoms with Gasteiger partial charge >= 0.3 is 0 Å². The summed E-state index contributed by atoms with van der Waals surface area (Å²) in [6.07, 6.45) is 1.43. The smallest absolute Gasteiger partial charge is 0.240 e. The van der Waals surface area contributed by atoms with Gasteiger partial charge in [-0.2, -0.15) is 0 Å². The van der Waals surface area contributed by atoms with Gasteiger partial charge in [0, 0.05) is 30.2 Å². The Morgan fingerprint density at radius 3 is 2.96 bits per heavy atom. The van der Waals surface area contributed by atoms with Crippen LogP contribution < -0.4 is 11.1 Å². The number of amides is 1. The zero-order valence-corrected chi connectivity index (χ0v) is 14.5. The number of nitrogens with zero attached hydrogens (tertiary/aromatic N) is 1. The van der Waals surface area contributed by atoms with Gasteiger partial charge in [0.05, 0.1) is 24.3 Å². The molecule has 2 aliphatic rings. The van der Waals surface area contributed by atoms with Crippen molar-refractivity contribution in [2.24, 2.45) is 5.73 Å². The summed E-state index contributed by atoms with van der Waals surface area (Å²) >= 11 is 6.26. The second kappa shape index (κ2) is 6.96. The monoisotopic (exact) mass is 355 g/mol. The molecule has 1 heterocycles. The number of nitrogens with one attached hydrogen (secondary N) is 1. The van der Waals surface area contributed by atoms with Gasteiger partial charge < -0.3 is 15.8 Å². The number of benzene rings is 1. The molecule has 3 rings (SSSR count). The summed E-state index contributed by atoms with van der Waals surface area (Å²) in [5, 5.41) is 3.24. The van der Waals surface area contributed by atoms with Gasteiger partial charge in [0.15, 0.2) is 0 Å². The molecule has 2 fully saturated rings. The zero-order chi connectivity index (χ0) is 17.3. The molecule has 1 aliphatic heterocycles. The van der Waals surface area contributed by atoms with Gasteiger partial charge in [0.2, 0.25) is 5.91 Å². The maximum Gasteiger partial charge on any atom is 0.240 e. The van der Waals surface area contributed by atoms with Crippen LogP contribution in [0.25, 0.3) is 0 Å². The Kier molecular flexibility index (Phi) is 5.11. The second-order valence-electron chi connectivity index (χ2n) is 6.69. The number of ether oxygens (including phenoxy) is 1. The molecule has 0 bridgehead atoms. The second-order valence-corrected chi connectivity index (χ2v) is 7.10. The fourth-order valence-corrected chi connectivity index (χ4v) is 3.39. The molecule has 1 saturated heterocycles. The predicted molar refractivity (Wildman–Crippen MR) is 90.3 cm³/mol. The largest absolute Gasteiger partial charge is 0.376 e. The van der Waals surface area contributed by atoms with E-state index in [0.717, 1.165) is 0 Å². The Hall–Kier alpha value is -1.21. The van der Waals surface area contributed by atoms with Gasteiger partial charge in [-0.1, -0.05) is 17.7 Å². The molecule has 24 heavy (non-hydrogen) atoms. The van der Waals surface area contributed by atoms with E-state index in [1.54, 1.807) is 12.1 Å². The van der Waals surface area contributed by atoms with E-state index in [-0.39, 0.29) is 30.4 Å². The molecule has 0 unspecified atom stereocenters. The highest BCUT2D eigenvalue weighted by molar-refractivity contribution is 6.31. The van der Waals surface area contributed by atoms with Crippen molar-refractivity contribution in [2.75, 3.05) is 26.2 Å². The highest BCUT2D eigenvalue weighted by Crippen LogP contribution is 2.34. The van der Waals surface area contributed by atoms with Crippen molar-refractivity contribution in [1.82, 2.24) is 10.2 Å². The zero-order valence-electron chi connectivity index (χ0n) is 13.7. The number of hydrogen-bond donors (Lipinski definition) is 2. The van der Waals surface area contributed by atoms with E-state index < -0.39 is 5.54 Å². The number of halogens is 2. The maximum atomic E-state index is 14.4. The summed E-state index contributed by atoms with van der Waals surface area (Å²) in [5.74, 6) is -0.545. The third kappa shape index (κ3) is 3.72. The van der Waals surface area contributed by atoms with E-state index >= 15 is 0 Å². The third-order valence-electron chi connectivity index (χ3n) is 4.74. The van der Waals surface area contributed by atoms with Gasteiger partial charge in [-0.05, 0) is 31.9 Å². The molecule has 3 N–H and O–H groups in total. The highest BCUT2D eigenvalue weighted by atomic mass is 35.5. The summed E-state index contributed by atoms with van der Waals surface area (Å²) in [5.41, 5.74) is 5.59. The number of hydrogen-bond acceptors (Lipinski definition) is 4. The average molecular weight is 356 g/mol. The van der Waals surface area contributed by atoms with Crippen molar-refractivity contribution in [3.05, 3.63) is 34.6 Å². The topological polar surface area (TPSA) is 67.6 Å². The number of rotatable bonds is 5. The summed E-state index contributed by atoms with van der Waals surface area (Å²) in [4.78, 5) is 14.3. The molecule has 7 heteroatoms. The Bertz CT molecular complexity index is 604. The Morgan fingerprint density at radius 2 is 2.33 bits per heavy atom. The van der Waals surface area contributed by atoms with E-state index in [1.165, 1.54) is 6.07 Å². The van der Waals surface area contributed by atoms with Crippen LogP contribution in [0.2, 0.25) is 5.02 Å². The van der Waals surface area contributed by atoms with Gasteiger partial charge in [0.25, 0.3) is 0 Å². The maximum absolute atomic E-state index is 14.4. The van der Waals surface area contributed by atoms with Crippen LogP contribution in [-0.2, 0) is 9.53 Å². The summed E-state index contributed by atoms with van der Waals surface area (Å²) in [6, 6.07) is 4.30. The fraction of sp³-hybridized carbons (Fsp3) is 0.588. The lowest BCUT2D eigenvalue weighted by molar-refractivity contribution is -0.123. The molecule has 1 saturated carbocycles. The van der Waals surface area contributed by atoms with Crippen molar-refractivity contribution in [3.63, 3.8) is 0 Å². The Morgan fingerprint density at radius 1 is 1.58 bits per heavy atom. The van der Waals surface area contributed by atoms with E-state index in [2.05, 4.69) is 10.2 Å². The lowest BCUT2D eigenvalue weighted by Crippen LogP contribution is -2.49. The number of carbonyl (C=O) groups excluding carboxylic acids is 1. The highest BCUT2D eigenvalue weighted by Gasteiger charge is 2.46. The first-order valence-corrected chi connectivity index (χ1v) is 8.65. The van der Waals surface area contributed by atoms with Crippen LogP contribution in [0.1, 0.15) is 31.4 Å². The minimum absolute atomic E-state index is 0.0479. The SMILES string of the molecule is C[C@@H]1CN([C@H](CNC(=O)C2(N)CC2)c2c(F)cccc2Cl)CCO1. The molecule has 132 valence electrons. The first-order chi connectivity index (χ1) is 11.4. The molecule has 1 aromatic rings. The van der Waals surface area contributed by atoms with Crippen LogP contribution in [0.4, 0.5) is 4.39 Å². The first-order valence-electron chi connectivity index (χ1n) is 8.27. The van der Waals surface area contributed by atoms with Crippen LogP contribution in [0.15, 0.2) is 18.2 Å². The predicted octanol–water partition coefficient (Wildman–Crippen LogP) is 1.85. The van der Waals surface area contributed by atoms with Crippen LogP contribution in [0.5, 0.6) is 0 Å². The Labute approximate surface area is 146 Å². The molecule has 1 amide bonds. The normalized spacial score (nSPS) is 24.4. The minimum atomic E-state index is -0.748. The van der Waals surface area contributed by atoms with E-state index in [0.29, 0.717) is 43.1 Å². The van der Waals surface area contributed by atoms with E-state index in [9.17, 15) is 9.18 Å². The van der Waals surface area contributed by atoms with E-state index in [1.807, 2.05) is 6.92 Å². The standard InChI is InChI=1S/C17H23ClFN3O2/c1-11-10-22(7-8-24-11)14(9-21-16(23)17(20)5-6-17)15-12(18)3-2-4-13(15)19/h2-4,11,14H,5-10,20H2,1H3,(H,21,23)/t11-,14-/m1/s1. The fourth-order valence-electron chi connectivity index (χ4n) is 3.10. The third-order valence-corrected chi connectivity index (χ3v) is 5.07. The molecule has 1 aromatic carbocycles. The summed E-state index contributed by atoms with van der Waals surface area (Å²) in [6.45, 7) is 4.12. The van der Waals surface area contributed by atoms with Crippen LogP contribution in [0.3, 0.4) is 0 Å². The quantitative estimate of drug-likeness (QED) is 0.846. The van der Waals surface area contributed by atoms with Gasteiger partial charge in [-0.25, -0.2) is 4.39 Å². The van der Waals surface area contributed by atoms with Crippen LogP contribution in [-0.4, -0.2) is 48.7 Å². The first kappa shape index (κ1) is 17.6. The number of carbonyl (C=O) groups is 1. The van der Waals surface area contributed by atoms with Crippen LogP contribution in [0, 0.1) is 5.82 Å². The Balaban J connectivity index is 1.81. The van der Waals surface area contributed by atoms with Gasteiger partial charge in [0.1, 0.15) is 5.82 Å². The van der Waals surface area contributed by atoms with Crippen molar-refractivity contribution < 1.29 is 13.9 Å². The lowest BCUT2D eigenvalue weighted by atomic mass is 10.0. The van der Waals surface area contributed by atoms with Crippen molar-refractivity contribution in [3.8, 4) is 0 Å². The van der Waals surface area contributed by atoms with Crippen molar-refractivity contribution in [2.45, 2.75) is 37.5 Å². The van der Waals surface area contributed by atoms with Gasteiger partial charge in [-0.3, -0.25) is 9.69 Å². The molecule has 0 radical (unpaired) electrons. The van der Waals surface area contributed by atoms with Crippen molar-refractivity contribution >= 4 is 17.5 Å². The van der Waals surface area contributed by atoms with E-state index in [4.69, 9.17) is 22.1 Å². The summed E-state index contributed by atoms with van der Waals surface area (Å²) in [7, 11) is 0. The minimum Gasteiger partial charge on any atom is -0.376 e. The number of morpholine rings is 1. The van der Waals surface area contributed by atoms with Crippen LogP contribution >= 0.6 is 11.6 Å². The molecule has 2 atom stereocenters. The average Bonchev–Trinajstić information content (AvgIpc) is 3.29. The number of nitrogens with two attached hydrogens (primary N) is 1. The molecular weight excluding hydrogens is 333 g/mol. The molecule has 1 aliphatic carbocycles. The molecule has 5 nitrogen and oxygen atoms in total. The molecule has 0 spiro atoms. The molecular formula is C17H23ClFN3O2. The lowest BCUT2D eigenvalue weighted by Gasteiger charge is -2.38. The molecule has 0 aromatic heterocycles. The summed E-state index contributed by atoms with van der Waals surface area (Å²) < 4.78 is 20.0. The van der Waals surface area contributed by atoms with Gasteiger partial charge in [-0.15, -0.1) is 0 Å². The van der Waals surface area contributed by atoms with Crippen molar-refractivity contribution in [1.29, 1.82) is 0 Å².